The summed E-state index contributed by atoms with van der Waals surface area (Å²) in [5, 5.41) is 12.4. The Morgan fingerprint density at radius 2 is 1.97 bits per heavy atom. The molecule has 30 heavy (non-hydrogen) atoms. The van der Waals surface area contributed by atoms with E-state index in [0.717, 1.165) is 30.8 Å². The van der Waals surface area contributed by atoms with Crippen molar-refractivity contribution in [3.05, 3.63) is 48.3 Å². The van der Waals surface area contributed by atoms with Gasteiger partial charge in [0.25, 0.3) is 0 Å². The maximum atomic E-state index is 12.4. The van der Waals surface area contributed by atoms with Crippen LogP contribution >= 0.6 is 11.8 Å². The molecule has 2 aromatic rings. The van der Waals surface area contributed by atoms with Crippen molar-refractivity contribution in [2.45, 2.75) is 76.2 Å². The normalized spacial score (nSPS) is 14.8. The van der Waals surface area contributed by atoms with Crippen LogP contribution in [0.5, 0.6) is 5.75 Å². The standard InChI is InChI=1S/C23H32N4O2S/c1-3-15-27-21(16-29-20-13-11-18(4-2)12-14-20)25-26-23(27)30-17-22(28)24-19-9-7-5-6-8-10-19/h3,11-14,19H,1,4-10,15-17H2,2H3,(H,24,28). The fraction of sp³-hybridized carbons (Fsp3) is 0.522. The van der Waals surface area contributed by atoms with E-state index >= 15 is 0 Å². The maximum absolute atomic E-state index is 12.4. The first-order chi connectivity index (χ1) is 14.7. The molecule has 0 unspecified atom stereocenters. The highest BCUT2D eigenvalue weighted by Gasteiger charge is 2.17. The third kappa shape index (κ3) is 6.62. The number of aryl methyl sites for hydroxylation is 1. The lowest BCUT2D eigenvalue weighted by atomic mass is 10.1. The van der Waals surface area contributed by atoms with Crippen LogP contribution in [0.15, 0.2) is 42.1 Å². The molecular weight excluding hydrogens is 396 g/mol. The number of amides is 1. The van der Waals surface area contributed by atoms with Gasteiger partial charge in [-0.2, -0.15) is 0 Å². The van der Waals surface area contributed by atoms with Gasteiger partial charge < -0.3 is 10.1 Å². The predicted molar refractivity (Wildman–Crippen MR) is 121 cm³/mol. The molecule has 0 spiro atoms. The molecule has 0 aliphatic heterocycles. The number of allylic oxidation sites excluding steroid dienone is 1. The summed E-state index contributed by atoms with van der Waals surface area (Å²) in [4.78, 5) is 12.4. The van der Waals surface area contributed by atoms with Gasteiger partial charge >= 0.3 is 0 Å². The first kappa shape index (κ1) is 22.4. The summed E-state index contributed by atoms with van der Waals surface area (Å²) in [6.45, 7) is 6.86. The van der Waals surface area contributed by atoms with Gasteiger partial charge in [-0.15, -0.1) is 16.8 Å². The van der Waals surface area contributed by atoms with Gasteiger partial charge in [-0.05, 0) is 37.0 Å². The number of thioether (sulfide) groups is 1. The zero-order chi connectivity index (χ0) is 21.2. The van der Waals surface area contributed by atoms with Crippen LogP contribution in [0.2, 0.25) is 0 Å². The molecule has 7 heteroatoms. The second-order valence-electron chi connectivity index (χ2n) is 7.63. The van der Waals surface area contributed by atoms with Gasteiger partial charge in [0.1, 0.15) is 12.4 Å². The first-order valence-electron chi connectivity index (χ1n) is 10.9. The summed E-state index contributed by atoms with van der Waals surface area (Å²) in [7, 11) is 0. The summed E-state index contributed by atoms with van der Waals surface area (Å²) in [5.74, 6) is 1.93. The Bertz CT molecular complexity index is 811. The number of aromatic nitrogens is 3. The van der Waals surface area contributed by atoms with Crippen LogP contribution < -0.4 is 10.1 Å². The molecule has 1 amide bonds. The molecule has 1 aliphatic carbocycles. The number of carbonyl (C=O) groups is 1. The van der Waals surface area contributed by atoms with E-state index in [4.69, 9.17) is 4.74 Å². The van der Waals surface area contributed by atoms with Gasteiger partial charge in [-0.25, -0.2) is 0 Å². The molecular formula is C23H32N4O2S. The van der Waals surface area contributed by atoms with Gasteiger partial charge in [-0.1, -0.05) is 62.6 Å². The molecule has 1 aromatic carbocycles. The van der Waals surface area contributed by atoms with Gasteiger partial charge in [-0.3, -0.25) is 9.36 Å². The van der Waals surface area contributed by atoms with Gasteiger partial charge in [0.05, 0.1) is 5.75 Å². The van der Waals surface area contributed by atoms with Crippen molar-refractivity contribution in [1.82, 2.24) is 20.1 Å². The van der Waals surface area contributed by atoms with Crippen molar-refractivity contribution < 1.29 is 9.53 Å². The average Bonchev–Trinajstić information content (AvgIpc) is 2.95. The van der Waals surface area contributed by atoms with Crippen molar-refractivity contribution in [3.63, 3.8) is 0 Å². The highest BCUT2D eigenvalue weighted by atomic mass is 32.2. The van der Waals surface area contributed by atoms with Crippen LogP contribution in [0.3, 0.4) is 0 Å². The lowest BCUT2D eigenvalue weighted by Gasteiger charge is -2.16. The monoisotopic (exact) mass is 428 g/mol. The quantitative estimate of drug-likeness (QED) is 0.342. The van der Waals surface area contributed by atoms with Crippen LogP contribution in [0.4, 0.5) is 0 Å². The lowest BCUT2D eigenvalue weighted by Crippen LogP contribution is -2.35. The first-order valence-corrected chi connectivity index (χ1v) is 11.8. The van der Waals surface area contributed by atoms with Crippen LogP contribution in [-0.2, 0) is 24.4 Å². The number of ether oxygens (including phenoxy) is 1. The molecule has 1 fully saturated rings. The zero-order valence-electron chi connectivity index (χ0n) is 17.8. The minimum absolute atomic E-state index is 0.0638. The number of hydrogen-bond acceptors (Lipinski definition) is 5. The van der Waals surface area contributed by atoms with E-state index < -0.39 is 0 Å². The van der Waals surface area contributed by atoms with Crippen molar-refractivity contribution in [2.75, 3.05) is 5.75 Å². The Balaban J connectivity index is 1.54. The Morgan fingerprint density at radius 1 is 1.23 bits per heavy atom. The minimum atomic E-state index is 0.0638. The Labute approximate surface area is 183 Å². The van der Waals surface area contributed by atoms with Crippen LogP contribution in [0.25, 0.3) is 0 Å². The molecule has 3 rings (SSSR count). The number of carbonyl (C=O) groups excluding carboxylic acids is 1. The summed E-state index contributed by atoms with van der Waals surface area (Å²) in [6, 6.07) is 8.39. The molecule has 1 heterocycles. The Hall–Kier alpha value is -2.28. The van der Waals surface area contributed by atoms with E-state index in [2.05, 4.69) is 41.1 Å². The van der Waals surface area contributed by atoms with E-state index in [1.165, 1.54) is 43.0 Å². The third-order valence-electron chi connectivity index (χ3n) is 5.36. The summed E-state index contributed by atoms with van der Waals surface area (Å²) in [6.07, 6.45) is 9.94. The summed E-state index contributed by atoms with van der Waals surface area (Å²) >= 11 is 1.41. The van der Waals surface area contributed by atoms with E-state index in [1.807, 2.05) is 16.7 Å². The Morgan fingerprint density at radius 3 is 2.63 bits per heavy atom. The van der Waals surface area contributed by atoms with Crippen molar-refractivity contribution in [3.8, 4) is 5.75 Å². The number of nitrogens with one attached hydrogen (secondary N) is 1. The van der Waals surface area contributed by atoms with Gasteiger partial charge in [0.15, 0.2) is 11.0 Å². The predicted octanol–water partition coefficient (Wildman–Crippen LogP) is 4.54. The van der Waals surface area contributed by atoms with E-state index in [9.17, 15) is 4.79 Å². The SMILES string of the molecule is C=CCn1c(COc2ccc(CC)cc2)nnc1SCC(=O)NC1CCCCCC1. The van der Waals surface area contributed by atoms with Crippen molar-refractivity contribution in [1.29, 1.82) is 0 Å². The molecule has 1 aliphatic rings. The Kier molecular flexibility index (Phi) is 8.81. The molecule has 1 aromatic heterocycles. The number of benzene rings is 1. The summed E-state index contributed by atoms with van der Waals surface area (Å²) < 4.78 is 7.84. The number of nitrogens with zero attached hydrogens (tertiary/aromatic N) is 3. The number of rotatable bonds is 10. The minimum Gasteiger partial charge on any atom is -0.486 e. The zero-order valence-corrected chi connectivity index (χ0v) is 18.6. The molecule has 1 saturated carbocycles. The molecule has 1 N–H and O–H groups in total. The van der Waals surface area contributed by atoms with E-state index in [-0.39, 0.29) is 5.91 Å². The third-order valence-corrected chi connectivity index (χ3v) is 6.32. The smallest absolute Gasteiger partial charge is 0.230 e. The fourth-order valence-corrected chi connectivity index (χ4v) is 4.42. The molecule has 0 saturated heterocycles. The second kappa shape index (κ2) is 11.8. The van der Waals surface area contributed by atoms with Crippen molar-refractivity contribution >= 4 is 17.7 Å². The lowest BCUT2D eigenvalue weighted by molar-refractivity contribution is -0.119. The fourth-order valence-electron chi connectivity index (χ4n) is 3.64. The summed E-state index contributed by atoms with van der Waals surface area (Å²) in [5.41, 5.74) is 1.28. The highest BCUT2D eigenvalue weighted by molar-refractivity contribution is 7.99. The van der Waals surface area contributed by atoms with Gasteiger partial charge in [0.2, 0.25) is 5.91 Å². The maximum Gasteiger partial charge on any atom is 0.230 e. The van der Waals surface area contributed by atoms with Crippen molar-refractivity contribution in [2.24, 2.45) is 0 Å². The average molecular weight is 429 g/mol. The van der Waals surface area contributed by atoms with Crippen LogP contribution in [0, 0.1) is 0 Å². The number of hydrogen-bond donors (Lipinski definition) is 1. The second-order valence-corrected chi connectivity index (χ2v) is 8.57. The largest absolute Gasteiger partial charge is 0.486 e. The van der Waals surface area contributed by atoms with E-state index in [1.54, 1.807) is 6.08 Å². The topological polar surface area (TPSA) is 69.0 Å². The molecule has 0 radical (unpaired) electrons. The van der Waals surface area contributed by atoms with Crippen LogP contribution in [-0.4, -0.2) is 32.5 Å². The molecule has 162 valence electrons. The highest BCUT2D eigenvalue weighted by Crippen LogP contribution is 2.21. The van der Waals surface area contributed by atoms with Gasteiger partial charge in [0, 0.05) is 12.6 Å². The van der Waals surface area contributed by atoms with Crippen LogP contribution in [0.1, 0.15) is 56.8 Å². The molecule has 0 bridgehead atoms. The molecule has 0 atom stereocenters. The van der Waals surface area contributed by atoms with E-state index in [0.29, 0.717) is 30.1 Å². The molecule has 6 nitrogen and oxygen atoms in total.